The second-order valence-electron chi connectivity index (χ2n) is 8.44. The second kappa shape index (κ2) is 9.82. The van der Waals surface area contributed by atoms with Gasteiger partial charge >= 0.3 is 0 Å². The minimum absolute atomic E-state index is 0.0890. The Labute approximate surface area is 206 Å². The van der Waals surface area contributed by atoms with Crippen LogP contribution in [0.3, 0.4) is 0 Å². The molecule has 34 heavy (non-hydrogen) atoms. The van der Waals surface area contributed by atoms with Gasteiger partial charge in [0.05, 0.1) is 23.2 Å². The van der Waals surface area contributed by atoms with Gasteiger partial charge in [-0.2, -0.15) is 0 Å². The number of fused-ring (bicyclic) bond motifs is 1. The van der Waals surface area contributed by atoms with Crippen molar-refractivity contribution >= 4 is 51.5 Å². The molecule has 2 aromatic heterocycles. The lowest BCUT2D eigenvalue weighted by Crippen LogP contribution is -2.40. The number of furan rings is 1. The van der Waals surface area contributed by atoms with Gasteiger partial charge in [0.1, 0.15) is 11.9 Å². The van der Waals surface area contributed by atoms with Crippen molar-refractivity contribution in [1.82, 2.24) is 14.8 Å². The van der Waals surface area contributed by atoms with Crippen molar-refractivity contribution < 1.29 is 18.3 Å². The van der Waals surface area contributed by atoms with E-state index in [1.807, 2.05) is 30.0 Å². The van der Waals surface area contributed by atoms with Gasteiger partial charge in [0.15, 0.2) is 11.4 Å². The number of aromatic nitrogens is 1. The smallest absolute Gasteiger partial charge is 0.237 e. The lowest BCUT2D eigenvalue weighted by atomic mass is 9.99. The predicted octanol–water partition coefficient (Wildman–Crippen LogP) is 5.17. The van der Waals surface area contributed by atoms with E-state index >= 15 is 0 Å². The zero-order chi connectivity index (χ0) is 24.6. The molecule has 7 nitrogen and oxygen atoms in total. The normalized spacial score (nSPS) is 15.0. The van der Waals surface area contributed by atoms with Crippen LogP contribution in [-0.2, 0) is 4.79 Å². The number of anilines is 1. The van der Waals surface area contributed by atoms with Gasteiger partial charge in [-0.05, 0) is 45.1 Å². The van der Waals surface area contributed by atoms with Crippen molar-refractivity contribution in [1.29, 1.82) is 0 Å². The van der Waals surface area contributed by atoms with Crippen LogP contribution in [0.1, 0.15) is 30.6 Å². The first-order chi connectivity index (χ1) is 16.2. The lowest BCUT2D eigenvalue weighted by molar-refractivity contribution is -0.131. The number of nitrogens with two attached hydrogens (primary N) is 1. The van der Waals surface area contributed by atoms with Crippen LogP contribution < -0.4 is 10.5 Å². The number of nitrogens with zero attached hydrogens (tertiary/aromatic N) is 3. The lowest BCUT2D eigenvalue weighted by Gasteiger charge is -2.27. The Morgan fingerprint density at radius 1 is 1.38 bits per heavy atom. The summed E-state index contributed by atoms with van der Waals surface area (Å²) in [4.78, 5) is 20.3. The Balaban J connectivity index is 1.62. The molecule has 10 heteroatoms. The maximum Gasteiger partial charge on any atom is 0.237 e. The van der Waals surface area contributed by atoms with Crippen LogP contribution in [0.4, 0.5) is 10.2 Å². The van der Waals surface area contributed by atoms with Gasteiger partial charge in [-0.15, -0.1) is 0 Å². The number of hydrogen-bond acceptors (Lipinski definition) is 6. The topological polar surface area (TPSA) is 84.8 Å². The second-order valence-corrected chi connectivity index (χ2v) is 9.22. The van der Waals surface area contributed by atoms with E-state index in [2.05, 4.69) is 4.98 Å². The summed E-state index contributed by atoms with van der Waals surface area (Å²) >= 11 is 12.4. The van der Waals surface area contributed by atoms with Gasteiger partial charge in [-0.3, -0.25) is 4.79 Å². The van der Waals surface area contributed by atoms with Crippen LogP contribution in [0.2, 0.25) is 10.0 Å². The first-order valence-electron chi connectivity index (χ1n) is 10.7. The van der Waals surface area contributed by atoms with Gasteiger partial charge in [-0.25, -0.2) is 9.37 Å². The summed E-state index contributed by atoms with van der Waals surface area (Å²) in [5.41, 5.74) is 8.74. The molecule has 0 saturated heterocycles. The quantitative estimate of drug-likeness (QED) is 0.464. The number of halogens is 3. The first-order valence-corrected chi connectivity index (χ1v) is 11.5. The first kappa shape index (κ1) is 24.3. The van der Waals surface area contributed by atoms with Crippen molar-refractivity contribution in [2.45, 2.75) is 19.4 Å². The van der Waals surface area contributed by atoms with Crippen LogP contribution in [0.15, 0.2) is 35.1 Å². The number of carbonyl (C=O) groups is 1. The molecule has 1 amide bonds. The van der Waals surface area contributed by atoms with Crippen molar-refractivity contribution in [3.63, 3.8) is 0 Å². The molecule has 0 unspecified atom stereocenters. The van der Waals surface area contributed by atoms with E-state index in [1.54, 1.807) is 19.4 Å². The Kier molecular flexibility index (Phi) is 7.02. The monoisotopic (exact) mass is 506 g/mol. The van der Waals surface area contributed by atoms with Crippen LogP contribution in [0.5, 0.6) is 5.75 Å². The van der Waals surface area contributed by atoms with Gasteiger partial charge in [0.2, 0.25) is 11.7 Å². The van der Waals surface area contributed by atoms with E-state index in [9.17, 15) is 9.18 Å². The molecule has 1 aliphatic heterocycles. The molecule has 0 fully saturated rings. The molecule has 3 aromatic rings. The van der Waals surface area contributed by atoms with E-state index < -0.39 is 11.9 Å². The fraction of sp³-hybridized carbons (Fsp3) is 0.333. The molecule has 4 rings (SSSR count). The molecular formula is C24H25Cl2FN4O3. The standard InChI is InChI=1S/C24H25Cl2FN4O3/c1-13(20-17(25)4-5-18(27)21(20)26)34-23-22-15(10-29-24(23)28)16(12-33-22)14-6-8-31(9-7-14)19(32)11-30(2)3/h4-6,10,12-13H,7-9,11H2,1-3H3,(H2,28,29)/t13-/m1/s1. The van der Waals surface area contributed by atoms with E-state index in [1.165, 1.54) is 12.1 Å². The highest BCUT2D eigenvalue weighted by Crippen LogP contribution is 2.41. The number of hydrogen-bond donors (Lipinski definition) is 1. The summed E-state index contributed by atoms with van der Waals surface area (Å²) in [6, 6.07) is 2.62. The number of likely N-dealkylation sites (N-methyl/N-ethyl adjacent to an activating group) is 1. The fourth-order valence-electron chi connectivity index (χ4n) is 4.00. The molecule has 1 aromatic carbocycles. The SMILES string of the molecule is C[C@@H](Oc1c(N)ncc2c(C3=CCN(C(=O)CN(C)C)CC3)coc12)c1c(Cl)ccc(F)c1Cl. The summed E-state index contributed by atoms with van der Waals surface area (Å²) < 4.78 is 25.9. The molecule has 3 heterocycles. The Hall–Kier alpha value is -2.81. The number of ether oxygens (including phenoxy) is 1. The minimum Gasteiger partial charge on any atom is -0.478 e. The highest BCUT2D eigenvalue weighted by Gasteiger charge is 2.25. The van der Waals surface area contributed by atoms with Crippen LogP contribution >= 0.6 is 23.2 Å². The molecule has 0 aliphatic carbocycles. The number of carbonyl (C=O) groups excluding carboxylic acids is 1. The molecule has 0 bridgehead atoms. The largest absolute Gasteiger partial charge is 0.478 e. The molecule has 0 radical (unpaired) electrons. The van der Waals surface area contributed by atoms with Crippen molar-refractivity contribution in [2.75, 3.05) is 39.5 Å². The molecule has 180 valence electrons. The maximum absolute atomic E-state index is 14.0. The number of benzene rings is 1. The third-order valence-electron chi connectivity index (χ3n) is 5.74. The Morgan fingerprint density at radius 2 is 2.15 bits per heavy atom. The van der Waals surface area contributed by atoms with E-state index in [0.29, 0.717) is 37.2 Å². The maximum atomic E-state index is 14.0. The molecular weight excluding hydrogens is 482 g/mol. The van der Waals surface area contributed by atoms with Gasteiger partial charge in [0.25, 0.3) is 0 Å². The van der Waals surface area contributed by atoms with Crippen molar-refractivity contribution in [2.24, 2.45) is 0 Å². The number of nitrogen functional groups attached to an aromatic ring is 1. The minimum atomic E-state index is -0.718. The van der Waals surface area contributed by atoms with Crippen LogP contribution in [0, 0.1) is 5.82 Å². The Bertz CT molecular complexity index is 1270. The summed E-state index contributed by atoms with van der Waals surface area (Å²) in [5, 5.41) is 0.894. The number of amides is 1. The van der Waals surface area contributed by atoms with Crippen molar-refractivity contribution in [3.8, 4) is 5.75 Å². The Morgan fingerprint density at radius 3 is 2.82 bits per heavy atom. The van der Waals surface area contributed by atoms with Gasteiger partial charge < -0.3 is 24.7 Å². The van der Waals surface area contributed by atoms with E-state index in [0.717, 1.165) is 16.5 Å². The number of rotatable bonds is 6. The predicted molar refractivity (Wildman–Crippen MR) is 132 cm³/mol. The summed E-state index contributed by atoms with van der Waals surface area (Å²) in [6.45, 7) is 3.20. The third-order valence-corrected chi connectivity index (χ3v) is 6.45. The molecule has 1 atom stereocenters. The highest BCUT2D eigenvalue weighted by atomic mass is 35.5. The summed E-state index contributed by atoms with van der Waals surface area (Å²) in [7, 11) is 3.74. The zero-order valence-electron chi connectivity index (χ0n) is 19.1. The summed E-state index contributed by atoms with van der Waals surface area (Å²) in [5.74, 6) is -0.150. The molecule has 0 saturated carbocycles. The zero-order valence-corrected chi connectivity index (χ0v) is 20.6. The van der Waals surface area contributed by atoms with Gasteiger partial charge in [0, 0.05) is 35.4 Å². The summed E-state index contributed by atoms with van der Waals surface area (Å²) in [6.07, 6.45) is 5.25. The van der Waals surface area contributed by atoms with Crippen molar-refractivity contribution in [3.05, 3.63) is 57.7 Å². The highest BCUT2D eigenvalue weighted by molar-refractivity contribution is 6.36. The van der Waals surface area contributed by atoms with E-state index in [4.69, 9.17) is 38.1 Å². The third kappa shape index (κ3) is 4.71. The van der Waals surface area contributed by atoms with Gasteiger partial charge in [-0.1, -0.05) is 29.3 Å². The average Bonchev–Trinajstić information content (AvgIpc) is 3.22. The van der Waals surface area contributed by atoms with Crippen LogP contribution in [0.25, 0.3) is 16.5 Å². The van der Waals surface area contributed by atoms with Crippen LogP contribution in [-0.4, -0.2) is 54.4 Å². The van der Waals surface area contributed by atoms with E-state index in [-0.39, 0.29) is 27.5 Å². The average molecular weight is 507 g/mol. The molecule has 2 N–H and O–H groups in total. The molecule has 1 aliphatic rings. The molecule has 0 spiro atoms. The fourth-order valence-corrected chi connectivity index (χ4v) is 4.68. The number of pyridine rings is 1.